The number of Topliss-reactive ketones (excluding diaryl/α,β-unsaturated/α-hetero) is 1. The summed E-state index contributed by atoms with van der Waals surface area (Å²) in [5.41, 5.74) is 4.99. The predicted octanol–water partition coefficient (Wildman–Crippen LogP) is 1.49. The molecule has 15 heteroatoms. The maximum Gasteiger partial charge on any atom is 0.412 e. The summed E-state index contributed by atoms with van der Waals surface area (Å²) >= 11 is 0. The van der Waals surface area contributed by atoms with Crippen LogP contribution in [-0.2, 0) is 16.0 Å². The molecule has 1 unspecified atom stereocenters. The first kappa shape index (κ1) is 25.9. The number of carbonyl (C=O) groups excluding carboxylic acids is 2. The Hall–Kier alpha value is -3.72. The second-order valence-corrected chi connectivity index (χ2v) is 9.43. The quantitative estimate of drug-likeness (QED) is 0.520. The van der Waals surface area contributed by atoms with E-state index in [2.05, 4.69) is 15.3 Å². The maximum atomic E-state index is 14.1. The van der Waals surface area contributed by atoms with Crippen molar-refractivity contribution >= 4 is 29.5 Å². The van der Waals surface area contributed by atoms with Crippen LogP contribution >= 0.6 is 0 Å². The molecule has 5 heterocycles. The minimum Gasteiger partial charge on any atom is -0.450 e. The van der Waals surface area contributed by atoms with Crippen molar-refractivity contribution in [2.24, 2.45) is 5.73 Å². The van der Waals surface area contributed by atoms with Gasteiger partial charge in [0.1, 0.15) is 23.3 Å². The van der Waals surface area contributed by atoms with Gasteiger partial charge in [0.25, 0.3) is 5.56 Å². The molecule has 12 nitrogen and oxygen atoms in total. The zero-order chi connectivity index (χ0) is 27.2. The highest BCUT2D eigenvalue weighted by Crippen LogP contribution is 2.39. The first-order valence-electron chi connectivity index (χ1n) is 12.0. The molecule has 2 aromatic rings. The third kappa shape index (κ3) is 4.78. The predicted molar refractivity (Wildman–Crippen MR) is 128 cm³/mol. The summed E-state index contributed by atoms with van der Waals surface area (Å²) in [5.74, 6) is -0.679. The van der Waals surface area contributed by atoms with Crippen molar-refractivity contribution in [3.63, 3.8) is 0 Å². The van der Waals surface area contributed by atoms with Gasteiger partial charge in [-0.2, -0.15) is 18.2 Å². The SMILES string of the molecule is CCOC(=O)Nc1ccc(C(=O)CN2c3nc(N4C[C@@H]5CC4(N)CO5)cc(=O)n3CC[C@H]2C(F)(F)F)cn1. The summed E-state index contributed by atoms with van der Waals surface area (Å²) in [7, 11) is 0. The van der Waals surface area contributed by atoms with Gasteiger partial charge in [0.2, 0.25) is 5.95 Å². The van der Waals surface area contributed by atoms with E-state index in [9.17, 15) is 27.6 Å². The molecule has 3 N–H and O–H groups in total. The lowest BCUT2D eigenvalue weighted by molar-refractivity contribution is -0.152. The number of morpholine rings is 1. The Labute approximate surface area is 214 Å². The van der Waals surface area contributed by atoms with Crippen molar-refractivity contribution in [2.45, 2.75) is 50.3 Å². The Morgan fingerprint density at radius 1 is 1.34 bits per heavy atom. The second kappa shape index (κ2) is 9.54. The summed E-state index contributed by atoms with van der Waals surface area (Å²) in [6.07, 6.45) is -4.34. The standard InChI is InChI=1S/C23H26F3N7O5/c1-2-37-21(36)29-17-4-3-13(9-28-17)15(34)11-32-16(23(24,25)26)5-6-31-19(35)7-18(30-20(31)32)33-10-14-8-22(33,27)12-38-14/h3-4,7,9,14,16H,2,5-6,8,10-12,27H2,1H3,(H,28,29,36)/t14-,16-,22?/m0/s1. The van der Waals surface area contributed by atoms with Gasteiger partial charge >= 0.3 is 12.3 Å². The van der Waals surface area contributed by atoms with Crippen LogP contribution < -0.4 is 26.4 Å². The number of aromatic nitrogens is 3. The summed E-state index contributed by atoms with van der Waals surface area (Å²) in [6.45, 7) is 1.44. The van der Waals surface area contributed by atoms with Crippen LogP contribution in [0, 0.1) is 0 Å². The number of nitrogens with two attached hydrogens (primary N) is 1. The average Bonchev–Trinajstić information content (AvgIpc) is 3.40. The second-order valence-electron chi connectivity index (χ2n) is 9.43. The summed E-state index contributed by atoms with van der Waals surface area (Å²) < 4.78 is 53.7. The highest BCUT2D eigenvalue weighted by molar-refractivity contribution is 5.99. The lowest BCUT2D eigenvalue weighted by Crippen LogP contribution is -2.57. The van der Waals surface area contributed by atoms with E-state index in [-0.39, 0.29) is 49.0 Å². The van der Waals surface area contributed by atoms with Gasteiger partial charge in [-0.25, -0.2) is 9.78 Å². The van der Waals surface area contributed by atoms with E-state index >= 15 is 0 Å². The highest BCUT2D eigenvalue weighted by atomic mass is 19.4. The fraction of sp³-hybridized carbons (Fsp3) is 0.522. The van der Waals surface area contributed by atoms with Crippen molar-refractivity contribution in [3.8, 4) is 0 Å². The zero-order valence-electron chi connectivity index (χ0n) is 20.4. The smallest absolute Gasteiger partial charge is 0.412 e. The van der Waals surface area contributed by atoms with Crippen molar-refractivity contribution in [3.05, 3.63) is 40.3 Å². The van der Waals surface area contributed by atoms with E-state index in [4.69, 9.17) is 15.2 Å². The van der Waals surface area contributed by atoms with Crippen molar-refractivity contribution in [1.29, 1.82) is 0 Å². The largest absolute Gasteiger partial charge is 0.450 e. The van der Waals surface area contributed by atoms with Gasteiger partial charge in [0.05, 0.1) is 25.9 Å². The number of halogens is 3. The van der Waals surface area contributed by atoms with E-state index < -0.39 is 48.3 Å². The number of hydrogen-bond donors (Lipinski definition) is 2. The molecule has 2 bridgehead atoms. The number of amides is 1. The van der Waals surface area contributed by atoms with Crippen LogP contribution in [0.2, 0.25) is 0 Å². The minimum absolute atomic E-state index is 0.0193. The van der Waals surface area contributed by atoms with Crippen LogP contribution in [0.25, 0.3) is 0 Å². The third-order valence-electron chi connectivity index (χ3n) is 6.87. The number of anilines is 3. The van der Waals surface area contributed by atoms with Gasteiger partial charge < -0.3 is 25.0 Å². The van der Waals surface area contributed by atoms with E-state index in [1.807, 2.05) is 0 Å². The summed E-state index contributed by atoms with van der Waals surface area (Å²) in [6, 6.07) is 1.89. The molecule has 1 amide bonds. The molecule has 0 saturated carbocycles. The van der Waals surface area contributed by atoms with Crippen molar-refractivity contribution < 1.29 is 32.2 Å². The number of ketones is 1. The fourth-order valence-corrected chi connectivity index (χ4v) is 5.05. The third-order valence-corrected chi connectivity index (χ3v) is 6.87. The monoisotopic (exact) mass is 537 g/mol. The Balaban J connectivity index is 1.44. The number of pyridine rings is 1. The number of rotatable bonds is 6. The molecule has 0 aliphatic carbocycles. The average molecular weight is 537 g/mol. The number of alkyl halides is 3. The van der Waals surface area contributed by atoms with Crippen LogP contribution in [-0.4, -0.2) is 76.7 Å². The molecule has 3 atom stereocenters. The van der Waals surface area contributed by atoms with Crippen molar-refractivity contribution in [1.82, 2.24) is 14.5 Å². The van der Waals surface area contributed by atoms with E-state index in [1.165, 1.54) is 18.2 Å². The molecular formula is C23H26F3N7O5. The minimum atomic E-state index is -4.68. The molecule has 0 aromatic carbocycles. The number of fused-ring (bicyclic) bond motifs is 3. The number of ether oxygens (including phenoxy) is 2. The maximum absolute atomic E-state index is 14.1. The first-order valence-corrected chi connectivity index (χ1v) is 12.0. The van der Waals surface area contributed by atoms with E-state index in [1.54, 1.807) is 11.8 Å². The Bertz CT molecular complexity index is 1300. The number of nitrogens with zero attached hydrogens (tertiary/aromatic N) is 5. The molecule has 0 radical (unpaired) electrons. The zero-order valence-corrected chi connectivity index (χ0v) is 20.4. The topological polar surface area (TPSA) is 145 Å². The Morgan fingerprint density at radius 2 is 2.13 bits per heavy atom. The lowest BCUT2D eigenvalue weighted by Gasteiger charge is -2.40. The Morgan fingerprint density at radius 3 is 2.74 bits per heavy atom. The molecule has 3 aliphatic heterocycles. The van der Waals surface area contributed by atoms with E-state index in [0.29, 0.717) is 13.0 Å². The van der Waals surface area contributed by atoms with Crippen LogP contribution in [0.1, 0.15) is 30.1 Å². The molecular weight excluding hydrogens is 511 g/mol. The lowest BCUT2D eigenvalue weighted by atomic mass is 10.1. The molecule has 38 heavy (non-hydrogen) atoms. The molecule has 204 valence electrons. The van der Waals surface area contributed by atoms with Gasteiger partial charge in [-0.1, -0.05) is 0 Å². The van der Waals surface area contributed by atoms with Gasteiger partial charge in [-0.15, -0.1) is 0 Å². The van der Waals surface area contributed by atoms with Gasteiger partial charge in [-0.3, -0.25) is 19.5 Å². The normalized spacial score (nSPS) is 24.3. The van der Waals surface area contributed by atoms with Crippen LogP contribution in [0.3, 0.4) is 0 Å². The van der Waals surface area contributed by atoms with E-state index in [0.717, 1.165) is 15.7 Å². The Kier molecular flexibility index (Phi) is 6.51. The van der Waals surface area contributed by atoms with Crippen molar-refractivity contribution in [2.75, 3.05) is 41.4 Å². The molecule has 3 aliphatic rings. The van der Waals surface area contributed by atoms with Gasteiger partial charge in [-0.05, 0) is 25.5 Å². The van der Waals surface area contributed by atoms with Crippen LogP contribution in [0.5, 0.6) is 0 Å². The molecule has 0 spiro atoms. The number of carbonyl (C=O) groups is 2. The molecule has 2 fully saturated rings. The number of nitrogens with one attached hydrogen (secondary N) is 1. The van der Waals surface area contributed by atoms with Crippen LogP contribution in [0.15, 0.2) is 29.2 Å². The van der Waals surface area contributed by atoms with Gasteiger partial charge in [0, 0.05) is 37.3 Å². The molecule has 2 aromatic heterocycles. The summed E-state index contributed by atoms with van der Waals surface area (Å²) in [4.78, 5) is 48.5. The van der Waals surface area contributed by atoms with Crippen LogP contribution in [0.4, 0.5) is 35.5 Å². The summed E-state index contributed by atoms with van der Waals surface area (Å²) in [5, 5.41) is 2.37. The fourth-order valence-electron chi connectivity index (χ4n) is 5.05. The van der Waals surface area contributed by atoms with Gasteiger partial charge in [0.15, 0.2) is 5.78 Å². The number of hydrogen-bond acceptors (Lipinski definition) is 10. The molecule has 5 rings (SSSR count). The highest BCUT2D eigenvalue weighted by Gasteiger charge is 2.51. The first-order chi connectivity index (χ1) is 18.0. The molecule has 2 saturated heterocycles.